The van der Waals surface area contributed by atoms with E-state index in [-0.39, 0.29) is 30.7 Å². The van der Waals surface area contributed by atoms with Gasteiger partial charge in [-0.2, -0.15) is 0 Å². The summed E-state index contributed by atoms with van der Waals surface area (Å²) in [7, 11) is 0. The van der Waals surface area contributed by atoms with E-state index in [0.717, 1.165) is 25.3 Å². The molecular weight excluding hydrogens is 319 g/mol. The second kappa shape index (κ2) is 8.79. The molecule has 1 aromatic heterocycles. The van der Waals surface area contributed by atoms with Crippen LogP contribution in [0.1, 0.15) is 26.5 Å². The van der Waals surface area contributed by atoms with Crippen molar-refractivity contribution in [1.29, 1.82) is 0 Å². The van der Waals surface area contributed by atoms with Crippen molar-refractivity contribution in [3.8, 4) is 0 Å². The van der Waals surface area contributed by atoms with Crippen LogP contribution in [-0.2, 0) is 11.3 Å². The maximum Gasteiger partial charge on any atom is 0.223 e. The molecule has 0 spiro atoms. The van der Waals surface area contributed by atoms with Crippen molar-refractivity contribution in [2.24, 2.45) is 0 Å². The number of halogens is 2. The maximum atomic E-state index is 10.9. The molecule has 2 unspecified atom stereocenters. The van der Waals surface area contributed by atoms with E-state index in [2.05, 4.69) is 34.4 Å². The van der Waals surface area contributed by atoms with Gasteiger partial charge in [-0.25, -0.2) is 4.98 Å². The number of hydrogen-bond acceptors (Lipinski definition) is 5. The van der Waals surface area contributed by atoms with Crippen molar-refractivity contribution in [2.45, 2.75) is 39.4 Å². The monoisotopic (exact) mass is 340 g/mol. The number of aromatic nitrogens is 1. The molecule has 0 bridgehead atoms. The smallest absolute Gasteiger partial charge is 0.223 e. The predicted molar refractivity (Wildman–Crippen MR) is 88.3 cm³/mol. The molecule has 20 heavy (non-hydrogen) atoms. The van der Waals surface area contributed by atoms with Gasteiger partial charge in [0.1, 0.15) is 0 Å². The fraction of sp³-hybridized carbons (Fsp3) is 0.667. The number of nitrogens with one attached hydrogen (secondary N) is 2. The summed E-state index contributed by atoms with van der Waals surface area (Å²) in [6.07, 6.45) is 0. The van der Waals surface area contributed by atoms with E-state index in [9.17, 15) is 4.79 Å². The van der Waals surface area contributed by atoms with Crippen LogP contribution in [0, 0.1) is 0 Å². The number of carbonyl (C=O) groups excluding carboxylic acids is 1. The SMILES string of the molecule is CC(=O)Nc1nc(CN2CC(C)NC(C)C2)cs1.Cl.Cl. The lowest BCUT2D eigenvalue weighted by Crippen LogP contribution is -2.53. The first-order valence-electron chi connectivity index (χ1n) is 6.23. The van der Waals surface area contributed by atoms with Gasteiger partial charge in [0.05, 0.1) is 5.69 Å². The summed E-state index contributed by atoms with van der Waals surface area (Å²) in [4.78, 5) is 17.8. The van der Waals surface area contributed by atoms with E-state index >= 15 is 0 Å². The number of nitrogens with zero attached hydrogens (tertiary/aromatic N) is 2. The number of amides is 1. The second-order valence-corrected chi connectivity index (χ2v) is 5.85. The van der Waals surface area contributed by atoms with Crippen molar-refractivity contribution in [3.63, 3.8) is 0 Å². The van der Waals surface area contributed by atoms with Crippen LogP contribution in [0.25, 0.3) is 0 Å². The lowest BCUT2D eigenvalue weighted by molar-refractivity contribution is -0.114. The van der Waals surface area contributed by atoms with Crippen LogP contribution in [0.5, 0.6) is 0 Å². The van der Waals surface area contributed by atoms with E-state index in [1.807, 2.05) is 5.38 Å². The molecule has 1 fully saturated rings. The Labute approximate surface area is 136 Å². The van der Waals surface area contributed by atoms with Crippen molar-refractivity contribution in [3.05, 3.63) is 11.1 Å². The minimum absolute atomic E-state index is 0. The maximum absolute atomic E-state index is 10.9. The third-order valence-corrected chi connectivity index (χ3v) is 3.66. The summed E-state index contributed by atoms with van der Waals surface area (Å²) < 4.78 is 0. The number of hydrogen-bond donors (Lipinski definition) is 2. The Bertz CT molecular complexity index is 419. The third kappa shape index (κ3) is 5.93. The highest BCUT2D eigenvalue weighted by Crippen LogP contribution is 2.17. The zero-order chi connectivity index (χ0) is 13.1. The fourth-order valence-electron chi connectivity index (χ4n) is 2.39. The Morgan fingerprint density at radius 1 is 1.45 bits per heavy atom. The molecule has 1 amide bonds. The molecule has 0 saturated carbocycles. The Morgan fingerprint density at radius 3 is 2.60 bits per heavy atom. The average Bonchev–Trinajstić information content (AvgIpc) is 2.62. The lowest BCUT2D eigenvalue weighted by Gasteiger charge is -2.35. The van der Waals surface area contributed by atoms with Gasteiger partial charge < -0.3 is 10.6 Å². The number of carbonyl (C=O) groups is 1. The van der Waals surface area contributed by atoms with Crippen LogP contribution in [-0.4, -0.2) is 41.0 Å². The van der Waals surface area contributed by atoms with E-state index < -0.39 is 0 Å². The molecule has 116 valence electrons. The number of rotatable bonds is 3. The van der Waals surface area contributed by atoms with Crippen LogP contribution in [0.4, 0.5) is 5.13 Å². The van der Waals surface area contributed by atoms with Gasteiger partial charge in [-0.05, 0) is 13.8 Å². The number of piperazine rings is 1. The zero-order valence-corrected chi connectivity index (χ0v) is 14.3. The summed E-state index contributed by atoms with van der Waals surface area (Å²) in [6, 6.07) is 1.03. The lowest BCUT2D eigenvalue weighted by atomic mass is 10.1. The van der Waals surface area contributed by atoms with Crippen molar-refractivity contribution < 1.29 is 4.79 Å². The standard InChI is InChI=1S/C12H20N4OS.2ClH/c1-8-4-16(5-9(2)13-8)6-11-7-18-12(15-11)14-10(3)17;;/h7-9,13H,4-6H2,1-3H3,(H,14,15,17);2*1H. The first-order valence-corrected chi connectivity index (χ1v) is 7.11. The van der Waals surface area contributed by atoms with Gasteiger partial charge in [-0.15, -0.1) is 36.2 Å². The molecule has 2 rings (SSSR count). The molecule has 1 saturated heterocycles. The van der Waals surface area contributed by atoms with Gasteiger partial charge in [-0.3, -0.25) is 9.69 Å². The topological polar surface area (TPSA) is 57.3 Å². The molecule has 0 aromatic carbocycles. The van der Waals surface area contributed by atoms with Gasteiger partial charge in [0.15, 0.2) is 5.13 Å². The van der Waals surface area contributed by atoms with Gasteiger partial charge in [0.25, 0.3) is 0 Å². The fourth-order valence-corrected chi connectivity index (χ4v) is 3.13. The van der Waals surface area contributed by atoms with E-state index in [0.29, 0.717) is 17.2 Å². The number of anilines is 1. The summed E-state index contributed by atoms with van der Waals surface area (Å²) >= 11 is 1.48. The largest absolute Gasteiger partial charge is 0.309 e. The van der Waals surface area contributed by atoms with Crippen LogP contribution in [0.2, 0.25) is 0 Å². The normalized spacial score (nSPS) is 22.6. The van der Waals surface area contributed by atoms with Gasteiger partial charge >= 0.3 is 0 Å². The summed E-state index contributed by atoms with van der Waals surface area (Å²) in [5.74, 6) is -0.0692. The molecule has 0 aliphatic carbocycles. The van der Waals surface area contributed by atoms with Crippen LogP contribution < -0.4 is 10.6 Å². The molecule has 1 aromatic rings. The molecule has 2 heterocycles. The molecule has 2 N–H and O–H groups in total. The van der Waals surface area contributed by atoms with Gasteiger partial charge in [0.2, 0.25) is 5.91 Å². The molecular formula is C12H22Cl2N4OS. The molecule has 0 radical (unpaired) electrons. The van der Waals surface area contributed by atoms with Crippen molar-refractivity contribution >= 4 is 47.2 Å². The molecule has 8 heteroatoms. The first-order chi connectivity index (χ1) is 8.52. The Morgan fingerprint density at radius 2 is 2.05 bits per heavy atom. The third-order valence-electron chi connectivity index (χ3n) is 2.85. The minimum Gasteiger partial charge on any atom is -0.309 e. The average molecular weight is 341 g/mol. The van der Waals surface area contributed by atoms with Crippen LogP contribution >= 0.6 is 36.2 Å². The molecule has 5 nitrogen and oxygen atoms in total. The minimum atomic E-state index is -0.0692. The van der Waals surface area contributed by atoms with E-state index in [1.54, 1.807) is 0 Å². The molecule has 1 aliphatic heterocycles. The van der Waals surface area contributed by atoms with Crippen LogP contribution in [0.15, 0.2) is 5.38 Å². The zero-order valence-electron chi connectivity index (χ0n) is 11.9. The Kier molecular flexibility index (Phi) is 8.62. The summed E-state index contributed by atoms with van der Waals surface area (Å²) in [5, 5.41) is 8.93. The summed E-state index contributed by atoms with van der Waals surface area (Å²) in [5.41, 5.74) is 1.03. The quantitative estimate of drug-likeness (QED) is 0.884. The van der Waals surface area contributed by atoms with Gasteiger partial charge in [-0.1, -0.05) is 0 Å². The Balaban J connectivity index is 0.00000180. The predicted octanol–water partition coefficient (Wildman–Crippen LogP) is 2.13. The van der Waals surface area contributed by atoms with E-state index in [1.165, 1.54) is 18.3 Å². The highest BCUT2D eigenvalue weighted by molar-refractivity contribution is 7.13. The van der Waals surface area contributed by atoms with Gasteiger partial charge in [0, 0.05) is 44.0 Å². The van der Waals surface area contributed by atoms with Crippen LogP contribution in [0.3, 0.4) is 0 Å². The first kappa shape index (κ1) is 19.6. The molecule has 2 atom stereocenters. The number of thiazole rings is 1. The van der Waals surface area contributed by atoms with Crippen molar-refractivity contribution in [1.82, 2.24) is 15.2 Å². The second-order valence-electron chi connectivity index (χ2n) is 4.99. The van der Waals surface area contributed by atoms with Crippen molar-refractivity contribution in [2.75, 3.05) is 18.4 Å². The summed E-state index contributed by atoms with van der Waals surface area (Å²) in [6.45, 7) is 8.83. The molecule has 1 aliphatic rings. The highest BCUT2D eigenvalue weighted by Gasteiger charge is 2.21. The highest BCUT2D eigenvalue weighted by atomic mass is 35.5. The Hall–Kier alpha value is -0.400. The van der Waals surface area contributed by atoms with E-state index in [4.69, 9.17) is 0 Å².